The number of halogens is 1. The summed E-state index contributed by atoms with van der Waals surface area (Å²) in [6, 6.07) is 3.58. The van der Waals surface area contributed by atoms with Gasteiger partial charge in [0.1, 0.15) is 5.76 Å². The third-order valence-electron chi connectivity index (χ3n) is 3.16. The topological polar surface area (TPSA) is 42.7 Å². The summed E-state index contributed by atoms with van der Waals surface area (Å²) in [4.78, 5) is 14.2. The van der Waals surface area contributed by atoms with Gasteiger partial charge >= 0.3 is 0 Å². The fourth-order valence-electron chi connectivity index (χ4n) is 2.37. The summed E-state index contributed by atoms with van der Waals surface area (Å²) in [6.07, 6.45) is 0.654. The van der Waals surface area contributed by atoms with Gasteiger partial charge in [0.2, 0.25) is 0 Å². The van der Waals surface area contributed by atoms with Crippen molar-refractivity contribution in [2.24, 2.45) is 0 Å². The molecule has 0 aromatic carbocycles. The summed E-state index contributed by atoms with van der Waals surface area (Å²) in [7, 11) is 0. The fraction of sp³-hybridized carbons (Fsp3) is 0.643. The molecule has 1 atom stereocenters. The Morgan fingerprint density at radius 3 is 2.84 bits per heavy atom. The normalized spacial score (nSPS) is 22.5. The summed E-state index contributed by atoms with van der Waals surface area (Å²) in [5.74, 6) is 1.50. The van der Waals surface area contributed by atoms with Crippen molar-refractivity contribution < 1.29 is 13.9 Å². The number of nitrogens with zero attached hydrogens (tertiary/aromatic N) is 1. The first kappa shape index (κ1) is 14.4. The smallest absolute Gasteiger partial charge is 0.289 e. The Kier molecular flexibility index (Phi) is 4.21. The van der Waals surface area contributed by atoms with Crippen LogP contribution >= 0.6 is 11.6 Å². The van der Waals surface area contributed by atoms with E-state index in [9.17, 15) is 4.79 Å². The highest BCUT2D eigenvalue weighted by atomic mass is 35.5. The number of amides is 1. The van der Waals surface area contributed by atoms with Crippen LogP contribution in [-0.4, -0.2) is 41.5 Å². The van der Waals surface area contributed by atoms with E-state index in [-0.39, 0.29) is 17.6 Å². The highest BCUT2D eigenvalue weighted by Gasteiger charge is 2.36. The van der Waals surface area contributed by atoms with Gasteiger partial charge in [0.05, 0.1) is 17.6 Å². The van der Waals surface area contributed by atoms with E-state index in [1.54, 1.807) is 11.0 Å². The number of ether oxygens (including phenoxy) is 1. The number of hydrogen-bond acceptors (Lipinski definition) is 3. The van der Waals surface area contributed by atoms with E-state index >= 15 is 0 Å². The third-order valence-corrected chi connectivity index (χ3v) is 3.51. The van der Waals surface area contributed by atoms with Crippen LogP contribution in [0.5, 0.6) is 0 Å². The Labute approximate surface area is 118 Å². The van der Waals surface area contributed by atoms with Crippen molar-refractivity contribution in [1.29, 1.82) is 0 Å². The van der Waals surface area contributed by atoms with Gasteiger partial charge < -0.3 is 14.1 Å². The van der Waals surface area contributed by atoms with Gasteiger partial charge in [-0.05, 0) is 26.0 Å². The van der Waals surface area contributed by atoms with E-state index in [1.165, 1.54) is 0 Å². The minimum Gasteiger partial charge on any atom is -0.456 e. The first-order valence-electron chi connectivity index (χ1n) is 6.57. The number of furan rings is 1. The molecule has 4 nitrogen and oxygen atoms in total. The second-order valence-electron chi connectivity index (χ2n) is 5.46. The average molecular weight is 286 g/mol. The summed E-state index contributed by atoms with van der Waals surface area (Å²) in [5, 5.41) is 0. The molecule has 1 aromatic rings. The molecule has 0 aliphatic carbocycles. The summed E-state index contributed by atoms with van der Waals surface area (Å²) in [6.45, 7) is 6.97. The molecule has 0 radical (unpaired) electrons. The summed E-state index contributed by atoms with van der Waals surface area (Å²) >= 11 is 5.86. The molecule has 19 heavy (non-hydrogen) atoms. The van der Waals surface area contributed by atoms with Crippen molar-refractivity contribution in [2.75, 3.05) is 19.0 Å². The molecule has 1 amide bonds. The molecule has 5 heteroatoms. The predicted molar refractivity (Wildman–Crippen MR) is 73.7 cm³/mol. The molecule has 1 fully saturated rings. The molecule has 1 aliphatic heterocycles. The molecular formula is C14H20ClNO3. The van der Waals surface area contributed by atoms with Crippen molar-refractivity contribution in [1.82, 2.24) is 4.90 Å². The lowest BCUT2D eigenvalue weighted by atomic mass is 10.1. The standard InChI is InChI=1S/C14H20ClNO3/c1-4-10-5-6-12(18-10)13(17)16-8-11(7-15)19-14(2,3)9-16/h5-6,11H,4,7-9H2,1-3H3. The Hall–Kier alpha value is -1.00. The quantitative estimate of drug-likeness (QED) is 0.802. The van der Waals surface area contributed by atoms with Crippen LogP contribution in [0.4, 0.5) is 0 Å². The number of rotatable bonds is 3. The minimum atomic E-state index is -0.381. The zero-order valence-corrected chi connectivity index (χ0v) is 12.4. The molecule has 0 spiro atoms. The Balaban J connectivity index is 2.13. The van der Waals surface area contributed by atoms with Crippen molar-refractivity contribution in [3.05, 3.63) is 23.7 Å². The van der Waals surface area contributed by atoms with E-state index in [4.69, 9.17) is 20.8 Å². The maximum absolute atomic E-state index is 12.4. The van der Waals surface area contributed by atoms with Crippen LogP contribution in [0.2, 0.25) is 0 Å². The van der Waals surface area contributed by atoms with Gasteiger partial charge in [-0.1, -0.05) is 6.92 Å². The molecule has 2 rings (SSSR count). The van der Waals surface area contributed by atoms with Gasteiger partial charge in [0.25, 0.3) is 5.91 Å². The Morgan fingerprint density at radius 1 is 1.53 bits per heavy atom. The van der Waals surface area contributed by atoms with Crippen LogP contribution in [0.15, 0.2) is 16.5 Å². The predicted octanol–water partition coefficient (Wildman–Crippen LogP) is 2.70. The molecule has 1 saturated heterocycles. The van der Waals surface area contributed by atoms with E-state index in [1.807, 2.05) is 26.8 Å². The SMILES string of the molecule is CCc1ccc(C(=O)N2CC(CCl)OC(C)(C)C2)o1. The second-order valence-corrected chi connectivity index (χ2v) is 5.77. The number of carbonyl (C=O) groups excluding carboxylic acids is 1. The highest BCUT2D eigenvalue weighted by Crippen LogP contribution is 2.23. The second kappa shape index (κ2) is 5.55. The summed E-state index contributed by atoms with van der Waals surface area (Å²) < 4.78 is 11.3. The van der Waals surface area contributed by atoms with Gasteiger partial charge in [0.15, 0.2) is 5.76 Å². The van der Waals surface area contributed by atoms with Crippen LogP contribution in [0.1, 0.15) is 37.1 Å². The molecular weight excluding hydrogens is 266 g/mol. The molecule has 0 saturated carbocycles. The molecule has 106 valence electrons. The Morgan fingerprint density at radius 2 is 2.26 bits per heavy atom. The van der Waals surface area contributed by atoms with E-state index in [2.05, 4.69) is 0 Å². The maximum Gasteiger partial charge on any atom is 0.289 e. The van der Waals surface area contributed by atoms with E-state index in [0.717, 1.165) is 12.2 Å². The number of hydrogen-bond donors (Lipinski definition) is 0. The van der Waals surface area contributed by atoms with Crippen molar-refractivity contribution in [2.45, 2.75) is 38.9 Å². The zero-order valence-electron chi connectivity index (χ0n) is 11.6. The van der Waals surface area contributed by atoms with Crippen molar-refractivity contribution in [3.63, 3.8) is 0 Å². The van der Waals surface area contributed by atoms with Crippen LogP contribution < -0.4 is 0 Å². The zero-order chi connectivity index (χ0) is 14.0. The molecule has 0 N–H and O–H groups in total. The Bertz CT molecular complexity index is 455. The number of carbonyl (C=O) groups is 1. The van der Waals surface area contributed by atoms with Gasteiger partial charge in [-0.15, -0.1) is 11.6 Å². The minimum absolute atomic E-state index is 0.0915. The maximum atomic E-state index is 12.4. The van der Waals surface area contributed by atoms with Crippen LogP contribution in [0.3, 0.4) is 0 Å². The molecule has 1 aromatic heterocycles. The molecule has 1 aliphatic rings. The van der Waals surface area contributed by atoms with Crippen molar-refractivity contribution >= 4 is 17.5 Å². The van der Waals surface area contributed by atoms with Gasteiger partial charge in [0, 0.05) is 19.5 Å². The first-order chi connectivity index (χ1) is 8.95. The number of aryl methyl sites for hydroxylation is 1. The lowest BCUT2D eigenvalue weighted by Gasteiger charge is -2.41. The van der Waals surface area contributed by atoms with Gasteiger partial charge in [-0.25, -0.2) is 0 Å². The largest absolute Gasteiger partial charge is 0.456 e. The van der Waals surface area contributed by atoms with Crippen LogP contribution in [0, 0.1) is 0 Å². The van der Waals surface area contributed by atoms with Crippen LogP contribution in [0.25, 0.3) is 0 Å². The molecule has 0 bridgehead atoms. The fourth-order valence-corrected chi connectivity index (χ4v) is 2.53. The lowest BCUT2D eigenvalue weighted by Crippen LogP contribution is -2.55. The lowest BCUT2D eigenvalue weighted by molar-refractivity contribution is -0.117. The van der Waals surface area contributed by atoms with E-state index in [0.29, 0.717) is 24.7 Å². The first-order valence-corrected chi connectivity index (χ1v) is 7.10. The monoisotopic (exact) mass is 285 g/mol. The van der Waals surface area contributed by atoms with Crippen LogP contribution in [-0.2, 0) is 11.2 Å². The highest BCUT2D eigenvalue weighted by molar-refractivity contribution is 6.18. The third kappa shape index (κ3) is 3.31. The van der Waals surface area contributed by atoms with Gasteiger partial charge in [-0.3, -0.25) is 4.79 Å². The molecule has 2 heterocycles. The number of morpholine rings is 1. The average Bonchev–Trinajstić information content (AvgIpc) is 2.84. The van der Waals surface area contributed by atoms with E-state index < -0.39 is 0 Å². The van der Waals surface area contributed by atoms with Crippen molar-refractivity contribution in [3.8, 4) is 0 Å². The molecule has 1 unspecified atom stereocenters. The summed E-state index contributed by atoms with van der Waals surface area (Å²) in [5.41, 5.74) is -0.381. The number of alkyl halides is 1. The van der Waals surface area contributed by atoms with Gasteiger partial charge in [-0.2, -0.15) is 0 Å².